The van der Waals surface area contributed by atoms with E-state index in [0.717, 1.165) is 0 Å². The van der Waals surface area contributed by atoms with Crippen LogP contribution in [0, 0.1) is 11.8 Å². The molecule has 1 spiro atoms. The first kappa shape index (κ1) is 32.7. The fourth-order valence-electron chi connectivity index (χ4n) is 9.01. The number of benzene rings is 1. The number of aliphatic hydroxyl groups is 1. The summed E-state index contributed by atoms with van der Waals surface area (Å²) in [6.07, 6.45) is -1.24. The van der Waals surface area contributed by atoms with Gasteiger partial charge in [0.1, 0.15) is 35.0 Å². The summed E-state index contributed by atoms with van der Waals surface area (Å²) in [4.78, 5) is 42.0. The van der Waals surface area contributed by atoms with Crippen molar-refractivity contribution < 1.29 is 53.4 Å². The Morgan fingerprint density at radius 2 is 1.80 bits per heavy atom. The van der Waals surface area contributed by atoms with Gasteiger partial charge in [-0.1, -0.05) is 32.1 Å². The predicted octanol–water partition coefficient (Wildman–Crippen LogP) is 3.83. The highest BCUT2D eigenvalue weighted by Gasteiger charge is 2.90. The maximum atomic E-state index is 15.2. The Hall–Kier alpha value is -3.25. The summed E-state index contributed by atoms with van der Waals surface area (Å²) >= 11 is 0. The molecule has 6 aliphatic rings. The Kier molecular flexibility index (Phi) is 7.02. The van der Waals surface area contributed by atoms with E-state index in [4.69, 9.17) is 23.7 Å². The van der Waals surface area contributed by atoms with E-state index in [1.54, 1.807) is 6.92 Å². The van der Waals surface area contributed by atoms with Crippen LogP contribution in [-0.2, 0) is 35.6 Å². The molecule has 3 saturated carbocycles. The van der Waals surface area contributed by atoms with Gasteiger partial charge in [-0.25, -0.2) is 4.79 Å². The Balaban J connectivity index is 1.71. The molecule has 1 aromatic carbocycles. The zero-order valence-corrected chi connectivity index (χ0v) is 27.9. The number of ether oxygens (including phenoxy) is 5. The van der Waals surface area contributed by atoms with Crippen molar-refractivity contribution in [1.29, 1.82) is 0 Å². The standard InChI is InChI=1S/C35H44O11/c1-15(2)19(36)13-18-24(37)21-25(38)22-28(42-9)33(43-10)14-20-32(7,8)46-34(30(33)41,12-11-16(3)29(39)40)35(20,22)45-27(21)23-26(18)44-17(4)31(23,5)6/h11,17,19-20,22,28,36-37H,1,12-14H2,2-10H3,(H,39,40)/b16-11-/t17-,19?,20-,22-,28-,33-,34+,35-/m0/s1. The molecule has 8 atom stereocenters. The molecule has 3 N–H and O–H groups in total. The minimum atomic E-state index is -1.84. The Morgan fingerprint density at radius 3 is 2.37 bits per heavy atom. The number of carbonyl (C=O) groups excluding carboxylic acids is 2. The first-order chi connectivity index (χ1) is 21.3. The lowest BCUT2D eigenvalue weighted by Gasteiger charge is -2.65. The van der Waals surface area contributed by atoms with Crippen LogP contribution >= 0.6 is 0 Å². The molecule has 11 nitrogen and oxygen atoms in total. The minimum absolute atomic E-state index is 0.00123. The number of methoxy groups -OCH3 is 2. The number of carboxylic acid groups (broad SMARTS) is 1. The monoisotopic (exact) mass is 640 g/mol. The molecule has 1 saturated heterocycles. The summed E-state index contributed by atoms with van der Waals surface area (Å²) in [6.45, 7) is 16.4. The van der Waals surface area contributed by atoms with Crippen LogP contribution in [0.3, 0.4) is 0 Å². The lowest BCUT2D eigenvalue weighted by Crippen LogP contribution is -2.86. The number of ketones is 2. The van der Waals surface area contributed by atoms with Gasteiger partial charge in [0.15, 0.2) is 22.6 Å². The van der Waals surface area contributed by atoms with E-state index in [-0.39, 0.29) is 47.5 Å². The average Bonchev–Trinajstić information content (AvgIpc) is 3.30. The van der Waals surface area contributed by atoms with Gasteiger partial charge in [0, 0.05) is 55.1 Å². The number of phenolic OH excluding ortho intramolecular Hbond substituents is 1. The van der Waals surface area contributed by atoms with Gasteiger partial charge in [0.05, 0.1) is 17.6 Å². The maximum absolute atomic E-state index is 15.2. The van der Waals surface area contributed by atoms with Crippen molar-refractivity contribution in [3.05, 3.63) is 40.5 Å². The summed E-state index contributed by atoms with van der Waals surface area (Å²) in [6, 6.07) is 0. The smallest absolute Gasteiger partial charge is 0.330 e. The van der Waals surface area contributed by atoms with Crippen LogP contribution in [0.1, 0.15) is 82.8 Å². The molecule has 4 bridgehead atoms. The molecule has 4 fully saturated rings. The number of phenols is 1. The molecule has 46 heavy (non-hydrogen) atoms. The highest BCUT2D eigenvalue weighted by atomic mass is 16.6. The van der Waals surface area contributed by atoms with Crippen molar-refractivity contribution in [2.45, 2.75) is 114 Å². The van der Waals surface area contributed by atoms with Crippen molar-refractivity contribution >= 4 is 17.5 Å². The second kappa shape index (κ2) is 9.88. The summed E-state index contributed by atoms with van der Waals surface area (Å²) in [5.41, 5.74) is -5.68. The summed E-state index contributed by atoms with van der Waals surface area (Å²) in [5.74, 6) is -3.90. The van der Waals surface area contributed by atoms with Crippen molar-refractivity contribution in [2.75, 3.05) is 14.2 Å². The number of hydrogen-bond donors (Lipinski definition) is 3. The summed E-state index contributed by atoms with van der Waals surface area (Å²) in [7, 11) is 2.80. The molecule has 1 unspecified atom stereocenters. The first-order valence-electron chi connectivity index (χ1n) is 15.7. The van der Waals surface area contributed by atoms with E-state index >= 15 is 4.79 Å². The molecule has 3 aliphatic heterocycles. The van der Waals surface area contributed by atoms with Crippen molar-refractivity contribution in [3.63, 3.8) is 0 Å². The van der Waals surface area contributed by atoms with Gasteiger partial charge in [0.25, 0.3) is 0 Å². The number of fused-ring (bicyclic) bond motifs is 3. The van der Waals surface area contributed by atoms with Gasteiger partial charge in [-0.15, -0.1) is 0 Å². The second-order valence-electron chi connectivity index (χ2n) is 14.8. The van der Waals surface area contributed by atoms with Crippen molar-refractivity contribution in [3.8, 4) is 17.2 Å². The van der Waals surface area contributed by atoms with Crippen molar-refractivity contribution in [2.24, 2.45) is 11.8 Å². The largest absolute Gasteiger partial charge is 0.507 e. The molecule has 0 radical (unpaired) electrons. The maximum Gasteiger partial charge on any atom is 0.330 e. The normalized spacial score (nSPS) is 36.8. The SMILES string of the molecule is C=C(C)C(O)Cc1c(O)c2c(c3c1O[C@@H](C)C3(C)C)O[C@]13[C@@H](C2=O)[C@H](OC)[C@@]2(OC)C[C@H]1C(C)(C)O[C@]3(C/C=C(/C)C(=O)O)C2=O. The van der Waals surface area contributed by atoms with Crippen LogP contribution in [0.2, 0.25) is 0 Å². The third kappa shape index (κ3) is 3.65. The molecule has 0 aromatic heterocycles. The zero-order valence-electron chi connectivity index (χ0n) is 27.9. The topological polar surface area (TPSA) is 158 Å². The molecule has 3 aliphatic carbocycles. The van der Waals surface area contributed by atoms with Gasteiger partial charge in [-0.05, 0) is 41.0 Å². The lowest BCUT2D eigenvalue weighted by molar-refractivity contribution is -0.267. The number of aliphatic hydroxyl groups excluding tert-OH is 1. The van der Waals surface area contributed by atoms with Crippen LogP contribution < -0.4 is 9.47 Å². The fraction of sp³-hybridized carbons (Fsp3) is 0.629. The molecule has 7 rings (SSSR count). The van der Waals surface area contributed by atoms with Gasteiger partial charge in [-0.3, -0.25) is 9.59 Å². The molecule has 3 heterocycles. The number of aliphatic carboxylic acids is 1. The Bertz CT molecular complexity index is 1620. The molecule has 250 valence electrons. The first-order valence-corrected chi connectivity index (χ1v) is 15.7. The van der Waals surface area contributed by atoms with E-state index in [0.29, 0.717) is 16.9 Å². The van der Waals surface area contributed by atoms with Gasteiger partial charge in [0.2, 0.25) is 5.78 Å². The van der Waals surface area contributed by atoms with Crippen molar-refractivity contribution in [1.82, 2.24) is 0 Å². The minimum Gasteiger partial charge on any atom is -0.507 e. The number of aromatic hydroxyl groups is 1. The summed E-state index contributed by atoms with van der Waals surface area (Å²) in [5, 5.41) is 32.5. The number of carbonyl (C=O) groups is 3. The van der Waals surface area contributed by atoms with Crippen LogP contribution in [0.5, 0.6) is 17.2 Å². The number of rotatable bonds is 8. The van der Waals surface area contributed by atoms with E-state index in [1.807, 2.05) is 34.6 Å². The van der Waals surface area contributed by atoms with E-state index < -0.39 is 75.5 Å². The predicted molar refractivity (Wildman–Crippen MR) is 164 cm³/mol. The third-order valence-electron chi connectivity index (χ3n) is 11.8. The number of Topliss-reactive ketones (excluding diaryl/α,β-unsaturated/α-hetero) is 2. The molecule has 11 heteroatoms. The molecular weight excluding hydrogens is 596 g/mol. The number of hydrogen-bond acceptors (Lipinski definition) is 10. The third-order valence-corrected chi connectivity index (χ3v) is 11.8. The molecule has 1 aromatic rings. The highest BCUT2D eigenvalue weighted by Crippen LogP contribution is 2.72. The zero-order chi connectivity index (χ0) is 34.1. The van der Waals surface area contributed by atoms with Crippen LogP contribution in [0.4, 0.5) is 0 Å². The highest BCUT2D eigenvalue weighted by molar-refractivity contribution is 6.11. The van der Waals surface area contributed by atoms with E-state index in [2.05, 4.69) is 6.58 Å². The van der Waals surface area contributed by atoms with E-state index in [9.17, 15) is 24.9 Å². The van der Waals surface area contributed by atoms with Gasteiger partial charge >= 0.3 is 5.97 Å². The van der Waals surface area contributed by atoms with E-state index in [1.165, 1.54) is 27.2 Å². The number of carboxylic acids is 1. The Labute approximate surface area is 268 Å². The molecule has 0 amide bonds. The lowest BCUT2D eigenvalue weighted by atomic mass is 9.44. The fourth-order valence-corrected chi connectivity index (χ4v) is 9.01. The Morgan fingerprint density at radius 1 is 1.15 bits per heavy atom. The van der Waals surface area contributed by atoms with Gasteiger partial charge < -0.3 is 39.0 Å². The summed E-state index contributed by atoms with van der Waals surface area (Å²) < 4.78 is 32.4. The quantitative estimate of drug-likeness (QED) is 0.280. The molecular formula is C35H44O11. The second-order valence-corrected chi connectivity index (χ2v) is 14.8. The van der Waals surface area contributed by atoms with Gasteiger partial charge in [-0.2, -0.15) is 0 Å². The van der Waals surface area contributed by atoms with Crippen LogP contribution in [-0.4, -0.2) is 87.8 Å². The van der Waals surface area contributed by atoms with Crippen LogP contribution in [0.15, 0.2) is 23.8 Å². The van der Waals surface area contributed by atoms with Crippen LogP contribution in [0.25, 0.3) is 0 Å². The average molecular weight is 641 g/mol.